The first-order valence-electron chi connectivity index (χ1n) is 6.63. The summed E-state index contributed by atoms with van der Waals surface area (Å²) in [5.41, 5.74) is 3.78. The molecule has 0 saturated carbocycles. The number of fused-ring (bicyclic) bond motifs is 3. The largest absolute Gasteiger partial charge is 0.497 e. The molecule has 0 amide bonds. The highest BCUT2D eigenvalue weighted by atomic mass is 16.5. The van der Waals surface area contributed by atoms with Crippen LogP contribution < -0.4 is 14.2 Å². The van der Waals surface area contributed by atoms with E-state index >= 15 is 0 Å². The fraction of sp³-hybridized carbons (Fsp3) is 0.235. The molecule has 0 radical (unpaired) electrons. The molecular formula is C17H16O4. The van der Waals surface area contributed by atoms with Crippen LogP contribution in [0.15, 0.2) is 30.3 Å². The maximum Gasteiger partial charge on any atom is 0.168 e. The summed E-state index contributed by atoms with van der Waals surface area (Å²) in [7, 11) is 4.82. The van der Waals surface area contributed by atoms with Crippen molar-refractivity contribution in [3.63, 3.8) is 0 Å². The van der Waals surface area contributed by atoms with Crippen LogP contribution in [-0.4, -0.2) is 27.6 Å². The number of carbonyl (C=O) groups excluding carboxylic acids is 1. The second kappa shape index (κ2) is 5.13. The Kier molecular flexibility index (Phi) is 3.29. The molecule has 0 aromatic heterocycles. The fourth-order valence-electron chi connectivity index (χ4n) is 2.95. The lowest BCUT2D eigenvalue weighted by Gasteiger charge is -2.13. The molecule has 1 aliphatic rings. The zero-order valence-electron chi connectivity index (χ0n) is 12.2. The lowest BCUT2D eigenvalue weighted by Crippen LogP contribution is -1.99. The average molecular weight is 284 g/mol. The molecule has 0 N–H and O–H groups in total. The summed E-state index contributed by atoms with van der Waals surface area (Å²) in [4.78, 5) is 11.6. The van der Waals surface area contributed by atoms with Crippen molar-refractivity contribution in [2.75, 3.05) is 21.3 Å². The molecule has 0 saturated heterocycles. The van der Waals surface area contributed by atoms with Crippen molar-refractivity contribution in [2.24, 2.45) is 0 Å². The smallest absolute Gasteiger partial charge is 0.168 e. The van der Waals surface area contributed by atoms with Crippen LogP contribution in [0.5, 0.6) is 17.2 Å². The van der Waals surface area contributed by atoms with Gasteiger partial charge in [-0.3, -0.25) is 0 Å². The lowest BCUT2D eigenvalue weighted by molar-refractivity contribution is -0.108. The zero-order chi connectivity index (χ0) is 15.0. The fourth-order valence-corrected chi connectivity index (χ4v) is 2.95. The summed E-state index contributed by atoms with van der Waals surface area (Å²) >= 11 is 0. The molecule has 0 unspecified atom stereocenters. The van der Waals surface area contributed by atoms with Crippen LogP contribution >= 0.6 is 0 Å². The normalized spacial score (nSPS) is 15.1. The summed E-state index contributed by atoms with van der Waals surface area (Å²) in [6, 6.07) is 9.49. The van der Waals surface area contributed by atoms with Crippen molar-refractivity contribution in [1.29, 1.82) is 0 Å². The SMILES string of the molecule is COc1ccc2c(c1)[C@H](C=O)c1ccc(OC)c(OC)c1-2. The predicted octanol–water partition coefficient (Wildman–Crippen LogP) is 3.02. The Morgan fingerprint density at radius 1 is 0.952 bits per heavy atom. The van der Waals surface area contributed by atoms with Crippen LogP contribution in [0.2, 0.25) is 0 Å². The maximum atomic E-state index is 11.6. The minimum Gasteiger partial charge on any atom is -0.497 e. The van der Waals surface area contributed by atoms with Crippen LogP contribution in [-0.2, 0) is 4.79 Å². The Bertz CT molecular complexity index is 706. The van der Waals surface area contributed by atoms with Crippen LogP contribution in [0.4, 0.5) is 0 Å². The maximum absolute atomic E-state index is 11.6. The van der Waals surface area contributed by atoms with Crippen molar-refractivity contribution >= 4 is 6.29 Å². The third-order valence-electron chi connectivity index (χ3n) is 3.91. The molecule has 1 aliphatic carbocycles. The number of hydrogen-bond acceptors (Lipinski definition) is 4. The van der Waals surface area contributed by atoms with Gasteiger partial charge in [-0.25, -0.2) is 0 Å². The van der Waals surface area contributed by atoms with Crippen LogP contribution in [0.25, 0.3) is 11.1 Å². The summed E-state index contributed by atoms with van der Waals surface area (Å²) in [6.45, 7) is 0. The highest BCUT2D eigenvalue weighted by Gasteiger charge is 2.32. The topological polar surface area (TPSA) is 44.8 Å². The highest BCUT2D eigenvalue weighted by molar-refractivity contribution is 5.92. The van der Waals surface area contributed by atoms with E-state index in [2.05, 4.69) is 0 Å². The van der Waals surface area contributed by atoms with E-state index in [0.717, 1.165) is 34.3 Å². The lowest BCUT2D eigenvalue weighted by atomic mass is 9.98. The van der Waals surface area contributed by atoms with E-state index in [4.69, 9.17) is 14.2 Å². The molecule has 2 aromatic rings. The molecule has 2 aromatic carbocycles. The van der Waals surface area contributed by atoms with Gasteiger partial charge in [0.25, 0.3) is 0 Å². The van der Waals surface area contributed by atoms with Gasteiger partial charge in [0, 0.05) is 5.56 Å². The van der Waals surface area contributed by atoms with Crippen molar-refractivity contribution < 1.29 is 19.0 Å². The molecule has 108 valence electrons. The van der Waals surface area contributed by atoms with Gasteiger partial charge in [-0.2, -0.15) is 0 Å². The molecule has 0 fully saturated rings. The number of ether oxygens (including phenoxy) is 3. The van der Waals surface area contributed by atoms with Gasteiger partial charge >= 0.3 is 0 Å². The number of aldehydes is 1. The zero-order valence-corrected chi connectivity index (χ0v) is 12.2. The van der Waals surface area contributed by atoms with Gasteiger partial charge in [-0.15, -0.1) is 0 Å². The minimum atomic E-state index is -0.301. The van der Waals surface area contributed by atoms with E-state index in [-0.39, 0.29) is 5.92 Å². The number of methoxy groups -OCH3 is 3. The molecule has 1 atom stereocenters. The van der Waals surface area contributed by atoms with Gasteiger partial charge in [0.1, 0.15) is 12.0 Å². The van der Waals surface area contributed by atoms with Gasteiger partial charge in [0.05, 0.1) is 27.2 Å². The van der Waals surface area contributed by atoms with Crippen molar-refractivity contribution in [2.45, 2.75) is 5.92 Å². The Balaban J connectivity index is 2.31. The molecule has 3 rings (SSSR count). The van der Waals surface area contributed by atoms with E-state index in [9.17, 15) is 4.79 Å². The molecule has 0 spiro atoms. The molecule has 21 heavy (non-hydrogen) atoms. The van der Waals surface area contributed by atoms with Crippen molar-refractivity contribution in [3.05, 3.63) is 41.5 Å². The van der Waals surface area contributed by atoms with E-state index in [1.165, 1.54) is 0 Å². The predicted molar refractivity (Wildman–Crippen MR) is 79.4 cm³/mol. The Morgan fingerprint density at radius 2 is 1.76 bits per heavy atom. The van der Waals surface area contributed by atoms with E-state index in [1.54, 1.807) is 21.3 Å². The van der Waals surface area contributed by atoms with Crippen LogP contribution in [0.3, 0.4) is 0 Å². The summed E-state index contributed by atoms with van der Waals surface area (Å²) in [6.07, 6.45) is 0.954. The van der Waals surface area contributed by atoms with Gasteiger partial charge in [0.15, 0.2) is 11.5 Å². The van der Waals surface area contributed by atoms with Gasteiger partial charge in [-0.05, 0) is 34.9 Å². The molecule has 4 nitrogen and oxygen atoms in total. The Hall–Kier alpha value is -2.49. The summed E-state index contributed by atoms with van der Waals surface area (Å²) in [5.74, 6) is 1.75. The monoisotopic (exact) mass is 284 g/mol. The third kappa shape index (κ3) is 1.87. The quantitative estimate of drug-likeness (QED) is 0.810. The Morgan fingerprint density at radius 3 is 2.38 bits per heavy atom. The Labute approximate surface area is 123 Å². The summed E-state index contributed by atoms with van der Waals surface area (Å²) in [5, 5.41) is 0. The molecule has 0 heterocycles. The standard InChI is InChI=1S/C17H16O4/c1-19-10-4-5-11-13(8-10)14(9-18)12-6-7-15(20-2)17(21-3)16(11)12/h4-9,14H,1-3H3/t14-/m1/s1. The second-order valence-corrected chi connectivity index (χ2v) is 4.83. The molecular weight excluding hydrogens is 268 g/mol. The molecule has 4 heteroatoms. The average Bonchev–Trinajstić information content (AvgIpc) is 2.86. The van der Waals surface area contributed by atoms with E-state index in [0.29, 0.717) is 11.5 Å². The van der Waals surface area contributed by atoms with Crippen molar-refractivity contribution in [1.82, 2.24) is 0 Å². The van der Waals surface area contributed by atoms with Crippen molar-refractivity contribution in [3.8, 4) is 28.4 Å². The first kappa shape index (κ1) is 13.5. The third-order valence-corrected chi connectivity index (χ3v) is 3.91. The first-order valence-corrected chi connectivity index (χ1v) is 6.63. The highest BCUT2D eigenvalue weighted by Crippen LogP contribution is 2.52. The van der Waals surface area contributed by atoms with Gasteiger partial charge in [0.2, 0.25) is 0 Å². The van der Waals surface area contributed by atoms with Crippen LogP contribution in [0, 0.1) is 0 Å². The molecule has 0 aliphatic heterocycles. The van der Waals surface area contributed by atoms with E-state index < -0.39 is 0 Å². The minimum absolute atomic E-state index is 0.301. The summed E-state index contributed by atoms with van der Waals surface area (Å²) < 4.78 is 16.1. The number of hydrogen-bond donors (Lipinski definition) is 0. The van der Waals surface area contributed by atoms with Gasteiger partial charge in [-0.1, -0.05) is 12.1 Å². The van der Waals surface area contributed by atoms with Gasteiger partial charge < -0.3 is 19.0 Å². The first-order chi connectivity index (χ1) is 10.2. The van der Waals surface area contributed by atoms with E-state index in [1.807, 2.05) is 30.3 Å². The second-order valence-electron chi connectivity index (χ2n) is 4.83. The number of carbonyl (C=O) groups is 1. The van der Waals surface area contributed by atoms with Crippen LogP contribution in [0.1, 0.15) is 17.0 Å². The number of rotatable bonds is 4. The number of benzene rings is 2. The molecule has 0 bridgehead atoms.